The highest BCUT2D eigenvalue weighted by Crippen LogP contribution is 2.44. The van der Waals surface area contributed by atoms with E-state index >= 15 is 0 Å². The summed E-state index contributed by atoms with van der Waals surface area (Å²) < 4.78 is 4.58. The third-order valence-electron chi connectivity index (χ3n) is 6.95. The van der Waals surface area contributed by atoms with Crippen LogP contribution in [0, 0.1) is 0 Å². The zero-order valence-corrected chi connectivity index (χ0v) is 20.3. The zero-order chi connectivity index (χ0) is 24.6. The Bertz CT molecular complexity index is 1700. The molecule has 0 spiro atoms. The molecule has 2 heterocycles. The van der Waals surface area contributed by atoms with Gasteiger partial charge in [0, 0.05) is 40.2 Å². The van der Waals surface area contributed by atoms with E-state index in [0.717, 1.165) is 28.4 Å². The molecule has 0 bridgehead atoms. The van der Waals surface area contributed by atoms with Gasteiger partial charge >= 0.3 is 0 Å². The minimum absolute atomic E-state index is 1.12. The summed E-state index contributed by atoms with van der Waals surface area (Å²) in [5.41, 5.74) is 8.04. The molecule has 0 atom stereocenters. The van der Waals surface area contributed by atoms with E-state index in [9.17, 15) is 0 Å². The standard InChI is InChI=1S/C34H25N3/c1-4-14-26(15-5-1)35-24-33(29-20-10-12-22-31(29)35)37(28-18-8-3-9-19-28)34-25-36(27-16-6-2-7-17-27)32-23-13-11-21-30(32)34/h1-25H. The van der Waals surface area contributed by atoms with E-state index in [1.807, 2.05) is 0 Å². The summed E-state index contributed by atoms with van der Waals surface area (Å²) in [6, 6.07) is 49.1. The Morgan fingerprint density at radius 2 is 0.757 bits per heavy atom. The quantitative estimate of drug-likeness (QED) is 0.242. The smallest absolute Gasteiger partial charge is 0.0722 e. The van der Waals surface area contributed by atoms with Gasteiger partial charge in [0.15, 0.2) is 0 Å². The van der Waals surface area contributed by atoms with Crippen LogP contribution < -0.4 is 4.90 Å². The molecule has 0 unspecified atom stereocenters. The number of fused-ring (bicyclic) bond motifs is 2. The van der Waals surface area contributed by atoms with Crippen LogP contribution in [0.5, 0.6) is 0 Å². The number of hydrogen-bond donors (Lipinski definition) is 0. The van der Waals surface area contributed by atoms with Crippen molar-refractivity contribution in [3.05, 3.63) is 152 Å². The second-order valence-corrected chi connectivity index (χ2v) is 9.15. The summed E-state index contributed by atoms with van der Waals surface area (Å²) in [6.45, 7) is 0. The lowest BCUT2D eigenvalue weighted by Crippen LogP contribution is -2.09. The maximum absolute atomic E-state index is 2.39. The van der Waals surface area contributed by atoms with Crippen LogP contribution in [0.15, 0.2) is 152 Å². The predicted octanol–water partition coefficient (Wildman–Crippen LogP) is 9.04. The largest absolute Gasteiger partial charge is 0.314 e. The van der Waals surface area contributed by atoms with Crippen molar-refractivity contribution in [3.63, 3.8) is 0 Å². The van der Waals surface area contributed by atoms with Crippen LogP contribution >= 0.6 is 0 Å². The zero-order valence-electron chi connectivity index (χ0n) is 20.3. The minimum atomic E-state index is 1.12. The molecule has 3 nitrogen and oxygen atoms in total. The van der Waals surface area contributed by atoms with Gasteiger partial charge in [-0.25, -0.2) is 0 Å². The Kier molecular flexibility index (Phi) is 5.11. The number of hydrogen-bond acceptors (Lipinski definition) is 1. The summed E-state index contributed by atoms with van der Waals surface area (Å²) in [7, 11) is 0. The molecule has 0 radical (unpaired) electrons. The third-order valence-corrected chi connectivity index (χ3v) is 6.95. The molecule has 0 saturated heterocycles. The number of anilines is 3. The highest BCUT2D eigenvalue weighted by Gasteiger charge is 2.22. The van der Waals surface area contributed by atoms with E-state index < -0.39 is 0 Å². The fourth-order valence-corrected chi connectivity index (χ4v) is 5.27. The van der Waals surface area contributed by atoms with Crippen molar-refractivity contribution in [2.24, 2.45) is 0 Å². The van der Waals surface area contributed by atoms with Crippen molar-refractivity contribution in [2.45, 2.75) is 0 Å². The van der Waals surface area contributed by atoms with Crippen molar-refractivity contribution in [3.8, 4) is 11.4 Å². The summed E-state index contributed by atoms with van der Waals surface area (Å²) in [5, 5.41) is 2.40. The first kappa shape index (κ1) is 21.3. The van der Waals surface area contributed by atoms with Gasteiger partial charge in [0.2, 0.25) is 0 Å². The van der Waals surface area contributed by atoms with Gasteiger partial charge in [-0.1, -0.05) is 91.0 Å². The highest BCUT2D eigenvalue weighted by atomic mass is 15.2. The van der Waals surface area contributed by atoms with Gasteiger partial charge in [-0.05, 0) is 48.5 Å². The van der Waals surface area contributed by atoms with E-state index in [-0.39, 0.29) is 0 Å². The third kappa shape index (κ3) is 3.60. The van der Waals surface area contributed by atoms with Crippen LogP contribution in [0.1, 0.15) is 0 Å². The van der Waals surface area contributed by atoms with E-state index in [0.29, 0.717) is 0 Å². The summed E-state index contributed by atoms with van der Waals surface area (Å²) in [5.74, 6) is 0. The van der Waals surface area contributed by atoms with Gasteiger partial charge in [-0.2, -0.15) is 0 Å². The van der Waals surface area contributed by atoms with Crippen molar-refractivity contribution in [1.29, 1.82) is 0 Å². The van der Waals surface area contributed by atoms with E-state index in [1.54, 1.807) is 0 Å². The maximum atomic E-state index is 2.39. The van der Waals surface area contributed by atoms with Gasteiger partial charge in [0.1, 0.15) is 0 Å². The van der Waals surface area contributed by atoms with E-state index in [2.05, 4.69) is 166 Å². The molecule has 2 aromatic heterocycles. The Balaban J connectivity index is 1.54. The molecule has 0 aliphatic rings. The van der Waals surface area contributed by atoms with Gasteiger partial charge in [0.05, 0.1) is 22.4 Å². The number of rotatable bonds is 5. The summed E-state index contributed by atoms with van der Waals surface area (Å²) in [6.07, 6.45) is 4.53. The minimum Gasteiger partial charge on any atom is -0.314 e. The Morgan fingerprint density at radius 1 is 0.378 bits per heavy atom. The number of nitrogens with zero attached hydrogens (tertiary/aromatic N) is 3. The molecule has 0 N–H and O–H groups in total. The molecule has 37 heavy (non-hydrogen) atoms. The van der Waals surface area contributed by atoms with Crippen molar-refractivity contribution >= 4 is 38.9 Å². The van der Waals surface area contributed by atoms with Gasteiger partial charge in [-0.15, -0.1) is 0 Å². The monoisotopic (exact) mass is 475 g/mol. The lowest BCUT2D eigenvalue weighted by molar-refractivity contribution is 1.11. The average Bonchev–Trinajstić information content (AvgIpc) is 3.55. The van der Waals surface area contributed by atoms with Crippen molar-refractivity contribution in [1.82, 2.24) is 9.13 Å². The molecule has 0 aliphatic heterocycles. The summed E-state index contributed by atoms with van der Waals surface area (Å²) in [4.78, 5) is 2.39. The average molecular weight is 476 g/mol. The molecular weight excluding hydrogens is 450 g/mol. The molecule has 0 saturated carbocycles. The lowest BCUT2D eigenvalue weighted by Gasteiger charge is -2.24. The van der Waals surface area contributed by atoms with Gasteiger partial charge < -0.3 is 14.0 Å². The molecule has 5 aromatic carbocycles. The van der Waals surface area contributed by atoms with Crippen LogP contribution in [0.3, 0.4) is 0 Å². The Labute approximate surface area is 216 Å². The molecule has 176 valence electrons. The fraction of sp³-hybridized carbons (Fsp3) is 0. The first-order chi connectivity index (χ1) is 18.4. The molecule has 7 rings (SSSR count). The number of para-hydroxylation sites is 5. The maximum Gasteiger partial charge on any atom is 0.0722 e. The number of aromatic nitrogens is 2. The normalized spacial score (nSPS) is 11.2. The predicted molar refractivity (Wildman–Crippen MR) is 155 cm³/mol. The molecule has 3 heteroatoms. The first-order valence-electron chi connectivity index (χ1n) is 12.5. The van der Waals surface area contributed by atoms with Crippen LogP contribution in [0.4, 0.5) is 17.1 Å². The van der Waals surface area contributed by atoms with Crippen LogP contribution in [0.2, 0.25) is 0 Å². The van der Waals surface area contributed by atoms with Crippen LogP contribution in [0.25, 0.3) is 33.2 Å². The van der Waals surface area contributed by atoms with E-state index in [4.69, 9.17) is 0 Å². The molecule has 0 amide bonds. The molecular formula is C34H25N3. The molecule has 7 aromatic rings. The molecule has 0 aliphatic carbocycles. The lowest BCUT2D eigenvalue weighted by atomic mass is 10.1. The second-order valence-electron chi connectivity index (χ2n) is 9.15. The SMILES string of the molecule is c1ccc(N(c2cn(-c3ccccc3)c3ccccc23)c2cn(-c3ccccc3)c3ccccc23)cc1. The van der Waals surface area contributed by atoms with Crippen molar-refractivity contribution in [2.75, 3.05) is 4.90 Å². The van der Waals surface area contributed by atoms with E-state index in [1.165, 1.54) is 21.8 Å². The van der Waals surface area contributed by atoms with Gasteiger partial charge in [-0.3, -0.25) is 0 Å². The van der Waals surface area contributed by atoms with Crippen LogP contribution in [-0.2, 0) is 0 Å². The Hall–Kier alpha value is -5.02. The Morgan fingerprint density at radius 3 is 1.22 bits per heavy atom. The highest BCUT2D eigenvalue weighted by molar-refractivity contribution is 6.05. The summed E-state index contributed by atoms with van der Waals surface area (Å²) >= 11 is 0. The first-order valence-corrected chi connectivity index (χ1v) is 12.5. The topological polar surface area (TPSA) is 13.1 Å². The van der Waals surface area contributed by atoms with Gasteiger partial charge in [0.25, 0.3) is 0 Å². The van der Waals surface area contributed by atoms with Crippen LogP contribution in [-0.4, -0.2) is 9.13 Å². The fourth-order valence-electron chi connectivity index (χ4n) is 5.27. The molecule has 0 fully saturated rings. The second kappa shape index (κ2) is 8.89. The van der Waals surface area contributed by atoms with Crippen molar-refractivity contribution < 1.29 is 0 Å². The number of benzene rings is 5.